The van der Waals surface area contributed by atoms with E-state index in [2.05, 4.69) is 21.2 Å². The Bertz CT molecular complexity index is 982. The summed E-state index contributed by atoms with van der Waals surface area (Å²) in [6.45, 7) is 5.95. The Labute approximate surface area is 187 Å². The lowest BCUT2D eigenvalue weighted by molar-refractivity contribution is -0.139. The van der Waals surface area contributed by atoms with Gasteiger partial charge in [0.05, 0.1) is 10.0 Å². The molecule has 4 nitrogen and oxygen atoms in total. The molecule has 4 N–H and O–H groups in total. The molecule has 0 spiro atoms. The standard InChI is InChI=1S/C22H24BrClF2N2O2/c1-21(2,3)10-16-22(27,13-8-7-11(24)9-15(13)25)17(19(28-16)20(29)30)12-5-4-6-14(23)18(12)26/h4-9,16-17,19,28H,10,27H2,1-3H3,(H,29,30)/t16-,17-,19+,22?/m0/s1. The first-order valence-electron chi connectivity index (χ1n) is 9.53. The SMILES string of the molecule is CC(C)(C)C[C@@H]1N[C@@H](C(=O)O)[C@H](c2cccc(Br)c2F)C1(N)c1ccc(Cl)cc1F. The van der Waals surface area contributed by atoms with Crippen molar-refractivity contribution in [3.63, 3.8) is 0 Å². The van der Waals surface area contributed by atoms with E-state index in [4.69, 9.17) is 17.3 Å². The van der Waals surface area contributed by atoms with Gasteiger partial charge < -0.3 is 10.8 Å². The predicted octanol–water partition coefficient (Wildman–Crippen LogP) is 5.18. The van der Waals surface area contributed by atoms with Crippen molar-refractivity contribution in [2.24, 2.45) is 11.1 Å². The van der Waals surface area contributed by atoms with Crippen LogP contribution in [0, 0.1) is 17.0 Å². The summed E-state index contributed by atoms with van der Waals surface area (Å²) in [6.07, 6.45) is 0.446. The Balaban J connectivity index is 2.30. The number of hydrogen-bond acceptors (Lipinski definition) is 3. The number of rotatable bonds is 4. The maximum Gasteiger partial charge on any atom is 0.321 e. The average Bonchev–Trinajstić information content (AvgIpc) is 2.89. The summed E-state index contributed by atoms with van der Waals surface area (Å²) >= 11 is 9.09. The molecule has 0 aliphatic carbocycles. The molecule has 162 valence electrons. The molecule has 0 radical (unpaired) electrons. The van der Waals surface area contributed by atoms with Crippen LogP contribution < -0.4 is 11.1 Å². The normalized spacial score (nSPS) is 26.7. The molecule has 0 aromatic heterocycles. The Morgan fingerprint density at radius 3 is 2.53 bits per heavy atom. The highest BCUT2D eigenvalue weighted by Gasteiger charge is 2.58. The van der Waals surface area contributed by atoms with Crippen molar-refractivity contribution < 1.29 is 18.7 Å². The third-order valence-corrected chi connectivity index (χ3v) is 6.45. The number of hydrogen-bond donors (Lipinski definition) is 3. The largest absolute Gasteiger partial charge is 0.480 e. The molecule has 0 saturated carbocycles. The fraction of sp³-hybridized carbons (Fsp3) is 0.409. The van der Waals surface area contributed by atoms with Gasteiger partial charge in [0.1, 0.15) is 17.7 Å². The van der Waals surface area contributed by atoms with Gasteiger partial charge >= 0.3 is 5.97 Å². The van der Waals surface area contributed by atoms with E-state index in [1.54, 1.807) is 6.07 Å². The minimum Gasteiger partial charge on any atom is -0.480 e. The summed E-state index contributed by atoms with van der Waals surface area (Å²) in [6, 6.07) is 6.90. The lowest BCUT2D eigenvalue weighted by atomic mass is 9.68. The summed E-state index contributed by atoms with van der Waals surface area (Å²) in [4.78, 5) is 12.2. The Hall–Kier alpha value is -1.54. The Morgan fingerprint density at radius 2 is 1.97 bits per heavy atom. The average molecular weight is 502 g/mol. The number of aliphatic carboxylic acids is 1. The van der Waals surface area contributed by atoms with Crippen LogP contribution in [0.4, 0.5) is 8.78 Å². The van der Waals surface area contributed by atoms with E-state index >= 15 is 8.78 Å². The molecule has 1 aliphatic heterocycles. The number of nitrogens with two attached hydrogens (primary N) is 1. The molecule has 0 amide bonds. The maximum atomic E-state index is 15.1. The molecule has 8 heteroatoms. The zero-order valence-corrected chi connectivity index (χ0v) is 19.2. The van der Waals surface area contributed by atoms with E-state index in [-0.39, 0.29) is 26.0 Å². The quantitative estimate of drug-likeness (QED) is 0.540. The molecule has 1 heterocycles. The third-order valence-electron chi connectivity index (χ3n) is 5.60. The summed E-state index contributed by atoms with van der Waals surface area (Å²) in [5.41, 5.74) is 5.34. The van der Waals surface area contributed by atoms with E-state index in [0.29, 0.717) is 6.42 Å². The zero-order chi connectivity index (χ0) is 22.4. The summed E-state index contributed by atoms with van der Waals surface area (Å²) in [5.74, 6) is -3.51. The molecule has 30 heavy (non-hydrogen) atoms. The van der Waals surface area contributed by atoms with Crippen molar-refractivity contribution in [2.45, 2.75) is 50.7 Å². The van der Waals surface area contributed by atoms with Crippen LogP contribution in [0.5, 0.6) is 0 Å². The van der Waals surface area contributed by atoms with E-state index in [0.717, 1.165) is 6.07 Å². The third kappa shape index (κ3) is 4.13. The summed E-state index contributed by atoms with van der Waals surface area (Å²) < 4.78 is 30.4. The van der Waals surface area contributed by atoms with Gasteiger partial charge in [0.2, 0.25) is 0 Å². The first kappa shape index (κ1) is 23.1. The minimum absolute atomic E-state index is 0.0989. The summed E-state index contributed by atoms with van der Waals surface area (Å²) in [7, 11) is 0. The van der Waals surface area contributed by atoms with Gasteiger partial charge in [-0.05, 0) is 51.5 Å². The number of carbonyl (C=O) groups is 1. The van der Waals surface area contributed by atoms with Gasteiger partial charge in [-0.3, -0.25) is 10.1 Å². The van der Waals surface area contributed by atoms with Gasteiger partial charge in [0, 0.05) is 22.5 Å². The minimum atomic E-state index is -1.54. The van der Waals surface area contributed by atoms with E-state index in [1.807, 2.05) is 20.8 Å². The highest BCUT2D eigenvalue weighted by molar-refractivity contribution is 9.10. The molecule has 1 aliphatic rings. The second-order valence-corrected chi connectivity index (χ2v) is 10.3. The molecule has 2 aromatic carbocycles. The van der Waals surface area contributed by atoms with E-state index in [9.17, 15) is 9.90 Å². The number of carboxylic acid groups (broad SMARTS) is 1. The molecule has 4 atom stereocenters. The predicted molar refractivity (Wildman–Crippen MR) is 117 cm³/mol. The monoisotopic (exact) mass is 500 g/mol. The Kier molecular flexibility index (Phi) is 6.31. The number of benzene rings is 2. The van der Waals surface area contributed by atoms with Crippen molar-refractivity contribution in [3.8, 4) is 0 Å². The van der Waals surface area contributed by atoms with Gasteiger partial charge in [0.25, 0.3) is 0 Å². The lowest BCUT2D eigenvalue weighted by Crippen LogP contribution is -2.52. The van der Waals surface area contributed by atoms with Gasteiger partial charge in [-0.2, -0.15) is 0 Å². The summed E-state index contributed by atoms with van der Waals surface area (Å²) in [5, 5.41) is 13.2. The molecule has 1 saturated heterocycles. The second-order valence-electron chi connectivity index (χ2n) is 8.98. The van der Waals surface area contributed by atoms with Gasteiger partial charge in [0.15, 0.2) is 0 Å². The maximum absolute atomic E-state index is 15.1. The van der Waals surface area contributed by atoms with Crippen LogP contribution in [0.15, 0.2) is 40.9 Å². The highest BCUT2D eigenvalue weighted by Crippen LogP contribution is 2.49. The van der Waals surface area contributed by atoms with Gasteiger partial charge in [-0.1, -0.05) is 50.6 Å². The van der Waals surface area contributed by atoms with Crippen LogP contribution in [0.3, 0.4) is 0 Å². The molecule has 2 aromatic rings. The lowest BCUT2D eigenvalue weighted by Gasteiger charge is -2.39. The molecule has 1 unspecified atom stereocenters. The van der Waals surface area contributed by atoms with Crippen LogP contribution >= 0.6 is 27.5 Å². The molecular weight excluding hydrogens is 478 g/mol. The van der Waals surface area contributed by atoms with Crippen molar-refractivity contribution in [1.29, 1.82) is 0 Å². The van der Waals surface area contributed by atoms with Crippen LogP contribution in [0.2, 0.25) is 5.02 Å². The second kappa shape index (κ2) is 8.19. The fourth-order valence-electron chi connectivity index (χ4n) is 4.39. The number of nitrogens with one attached hydrogen (secondary N) is 1. The zero-order valence-electron chi connectivity index (χ0n) is 16.8. The molecule has 1 fully saturated rings. The van der Waals surface area contributed by atoms with Crippen LogP contribution in [0.1, 0.15) is 44.2 Å². The van der Waals surface area contributed by atoms with Gasteiger partial charge in [-0.25, -0.2) is 8.78 Å². The fourth-order valence-corrected chi connectivity index (χ4v) is 4.93. The van der Waals surface area contributed by atoms with Crippen molar-refractivity contribution in [2.75, 3.05) is 0 Å². The van der Waals surface area contributed by atoms with Crippen molar-refractivity contribution in [3.05, 3.63) is 68.7 Å². The van der Waals surface area contributed by atoms with Crippen molar-refractivity contribution in [1.82, 2.24) is 5.32 Å². The molecule has 3 rings (SSSR count). The van der Waals surface area contributed by atoms with Crippen LogP contribution in [-0.2, 0) is 10.3 Å². The topological polar surface area (TPSA) is 75.3 Å². The first-order valence-corrected chi connectivity index (χ1v) is 10.7. The van der Waals surface area contributed by atoms with Gasteiger partial charge in [-0.15, -0.1) is 0 Å². The first-order chi connectivity index (χ1) is 13.9. The van der Waals surface area contributed by atoms with Crippen LogP contribution in [0.25, 0.3) is 0 Å². The Morgan fingerprint density at radius 1 is 1.30 bits per heavy atom. The van der Waals surface area contributed by atoms with E-state index < -0.39 is 41.1 Å². The highest BCUT2D eigenvalue weighted by atomic mass is 79.9. The molecule has 0 bridgehead atoms. The number of halogens is 4. The smallest absolute Gasteiger partial charge is 0.321 e. The van der Waals surface area contributed by atoms with Crippen molar-refractivity contribution >= 4 is 33.5 Å². The number of carboxylic acids is 1. The van der Waals surface area contributed by atoms with E-state index in [1.165, 1.54) is 24.3 Å². The molecular formula is C22H24BrClF2N2O2. The van der Waals surface area contributed by atoms with Crippen LogP contribution in [-0.4, -0.2) is 23.2 Å².